The van der Waals surface area contributed by atoms with Gasteiger partial charge in [-0.25, -0.2) is 4.39 Å². The fourth-order valence-corrected chi connectivity index (χ4v) is 4.59. The quantitative estimate of drug-likeness (QED) is 0.496. The van der Waals surface area contributed by atoms with Gasteiger partial charge in [-0.2, -0.15) is 0 Å². The maximum Gasteiger partial charge on any atom is 0.242 e. The normalized spacial score (nSPS) is 15.4. The standard InChI is InChI=1S/C23H30FN3O2S/c24-18-8-10-19(11-9-18)25-12-13-26-23(29)21(15-17-5-2-1-3-6-17)27-22(28)16-20-7-4-14-30-20/h4,7-11,14,17,21,25H,1-3,5-6,12-13,15-16H2,(H,26,29)(H,27,28). The number of nitrogens with one attached hydrogen (secondary N) is 3. The molecule has 7 heteroatoms. The summed E-state index contributed by atoms with van der Waals surface area (Å²) < 4.78 is 13.0. The Morgan fingerprint density at radius 1 is 1.07 bits per heavy atom. The second kappa shape index (κ2) is 11.7. The molecule has 30 heavy (non-hydrogen) atoms. The maximum atomic E-state index is 13.0. The average Bonchev–Trinajstić information content (AvgIpc) is 3.25. The molecule has 1 aromatic heterocycles. The van der Waals surface area contributed by atoms with Gasteiger partial charge < -0.3 is 16.0 Å². The number of halogens is 1. The number of anilines is 1. The van der Waals surface area contributed by atoms with Crippen molar-refractivity contribution in [1.29, 1.82) is 0 Å². The van der Waals surface area contributed by atoms with Gasteiger partial charge >= 0.3 is 0 Å². The third-order valence-corrected chi connectivity index (χ3v) is 6.33. The summed E-state index contributed by atoms with van der Waals surface area (Å²) in [4.78, 5) is 26.3. The van der Waals surface area contributed by atoms with Gasteiger partial charge in [-0.1, -0.05) is 38.2 Å². The Hall–Kier alpha value is -2.41. The highest BCUT2D eigenvalue weighted by Gasteiger charge is 2.25. The first-order chi connectivity index (χ1) is 14.6. The van der Waals surface area contributed by atoms with Crippen LogP contribution in [0.5, 0.6) is 0 Å². The van der Waals surface area contributed by atoms with Crippen LogP contribution in [0.2, 0.25) is 0 Å². The first-order valence-electron chi connectivity index (χ1n) is 10.7. The number of carbonyl (C=O) groups excluding carboxylic acids is 2. The van der Waals surface area contributed by atoms with Gasteiger partial charge in [-0.3, -0.25) is 9.59 Å². The van der Waals surface area contributed by atoms with Crippen molar-refractivity contribution >= 4 is 28.8 Å². The summed E-state index contributed by atoms with van der Waals surface area (Å²) >= 11 is 1.54. The third-order valence-electron chi connectivity index (χ3n) is 5.46. The van der Waals surface area contributed by atoms with Crippen LogP contribution in [0, 0.1) is 11.7 Å². The fourth-order valence-electron chi connectivity index (χ4n) is 3.89. The van der Waals surface area contributed by atoms with Crippen molar-refractivity contribution in [3.63, 3.8) is 0 Å². The number of thiophene rings is 1. The second-order valence-electron chi connectivity index (χ2n) is 7.84. The number of amides is 2. The number of carbonyl (C=O) groups is 2. The van der Waals surface area contributed by atoms with Crippen LogP contribution in [-0.4, -0.2) is 30.9 Å². The zero-order valence-electron chi connectivity index (χ0n) is 17.2. The predicted octanol–water partition coefficient (Wildman–Crippen LogP) is 4.11. The number of hydrogen-bond acceptors (Lipinski definition) is 4. The van der Waals surface area contributed by atoms with Crippen molar-refractivity contribution in [2.24, 2.45) is 5.92 Å². The lowest BCUT2D eigenvalue weighted by atomic mass is 9.84. The van der Waals surface area contributed by atoms with Crippen molar-refractivity contribution in [1.82, 2.24) is 10.6 Å². The van der Waals surface area contributed by atoms with Crippen molar-refractivity contribution in [3.8, 4) is 0 Å². The van der Waals surface area contributed by atoms with Gasteiger partial charge in [0.05, 0.1) is 6.42 Å². The maximum absolute atomic E-state index is 13.0. The van der Waals surface area contributed by atoms with Crippen LogP contribution in [0.4, 0.5) is 10.1 Å². The predicted molar refractivity (Wildman–Crippen MR) is 119 cm³/mol. The van der Waals surface area contributed by atoms with Crippen LogP contribution in [-0.2, 0) is 16.0 Å². The van der Waals surface area contributed by atoms with Crippen LogP contribution < -0.4 is 16.0 Å². The largest absolute Gasteiger partial charge is 0.383 e. The van der Waals surface area contributed by atoms with Crippen LogP contribution in [0.25, 0.3) is 0 Å². The Balaban J connectivity index is 1.49. The van der Waals surface area contributed by atoms with E-state index in [1.165, 1.54) is 31.4 Å². The molecular weight excluding hydrogens is 401 g/mol. The van der Waals surface area contributed by atoms with Gasteiger partial charge in [0, 0.05) is 23.7 Å². The van der Waals surface area contributed by atoms with E-state index in [4.69, 9.17) is 0 Å². The lowest BCUT2D eigenvalue weighted by molar-refractivity contribution is -0.129. The van der Waals surface area contributed by atoms with E-state index >= 15 is 0 Å². The van der Waals surface area contributed by atoms with E-state index in [-0.39, 0.29) is 17.6 Å². The van der Waals surface area contributed by atoms with Crippen LogP contribution in [0.1, 0.15) is 43.4 Å². The summed E-state index contributed by atoms with van der Waals surface area (Å²) in [5, 5.41) is 11.0. The SMILES string of the molecule is O=C(Cc1cccs1)NC(CC1CCCCC1)C(=O)NCCNc1ccc(F)cc1. The third kappa shape index (κ3) is 7.44. The highest BCUT2D eigenvalue weighted by atomic mass is 32.1. The Morgan fingerprint density at radius 3 is 2.53 bits per heavy atom. The van der Waals surface area contributed by atoms with Crippen molar-refractivity contribution in [2.75, 3.05) is 18.4 Å². The molecule has 5 nitrogen and oxygen atoms in total. The summed E-state index contributed by atoms with van der Waals surface area (Å²) in [6, 6.07) is 9.46. The topological polar surface area (TPSA) is 70.2 Å². The van der Waals surface area contributed by atoms with Crippen molar-refractivity contribution < 1.29 is 14.0 Å². The van der Waals surface area contributed by atoms with Gasteiger partial charge in [0.2, 0.25) is 11.8 Å². The summed E-state index contributed by atoms with van der Waals surface area (Å²) in [6.45, 7) is 0.953. The van der Waals surface area contributed by atoms with E-state index in [0.717, 1.165) is 23.4 Å². The molecule has 0 saturated heterocycles. The molecule has 3 rings (SSSR count). The molecule has 1 aromatic carbocycles. The van der Waals surface area contributed by atoms with Crippen molar-refractivity contribution in [2.45, 2.75) is 51.0 Å². The lowest BCUT2D eigenvalue weighted by Gasteiger charge is -2.26. The summed E-state index contributed by atoms with van der Waals surface area (Å²) in [6.07, 6.45) is 6.89. The average molecular weight is 432 g/mol. The lowest BCUT2D eigenvalue weighted by Crippen LogP contribution is -2.49. The van der Waals surface area contributed by atoms with E-state index in [9.17, 15) is 14.0 Å². The number of benzene rings is 1. The van der Waals surface area contributed by atoms with Crippen LogP contribution in [0.3, 0.4) is 0 Å². The summed E-state index contributed by atoms with van der Waals surface area (Å²) in [5.74, 6) is -0.0505. The summed E-state index contributed by atoms with van der Waals surface area (Å²) in [5.41, 5.74) is 0.800. The molecule has 1 fully saturated rings. The molecule has 3 N–H and O–H groups in total. The Bertz CT molecular complexity index is 789. The van der Waals surface area contributed by atoms with Crippen LogP contribution >= 0.6 is 11.3 Å². The minimum Gasteiger partial charge on any atom is -0.383 e. The van der Waals surface area contributed by atoms with E-state index in [1.807, 2.05) is 17.5 Å². The molecule has 0 radical (unpaired) electrons. The molecule has 1 unspecified atom stereocenters. The molecule has 0 bridgehead atoms. The number of rotatable bonds is 10. The van der Waals surface area contributed by atoms with Gasteiger partial charge in [-0.05, 0) is 48.1 Å². The molecule has 1 heterocycles. The first kappa shape index (κ1) is 22.3. The summed E-state index contributed by atoms with van der Waals surface area (Å²) in [7, 11) is 0. The Kier molecular flexibility index (Phi) is 8.68. The van der Waals surface area contributed by atoms with Gasteiger partial charge in [-0.15, -0.1) is 11.3 Å². The van der Waals surface area contributed by atoms with E-state index in [2.05, 4.69) is 16.0 Å². The Labute approximate surface area is 181 Å². The molecule has 1 saturated carbocycles. The highest BCUT2D eigenvalue weighted by molar-refractivity contribution is 7.10. The van der Waals surface area contributed by atoms with Gasteiger partial charge in [0.25, 0.3) is 0 Å². The second-order valence-corrected chi connectivity index (χ2v) is 8.87. The van der Waals surface area contributed by atoms with Crippen LogP contribution in [0.15, 0.2) is 41.8 Å². The van der Waals surface area contributed by atoms with E-state index in [1.54, 1.807) is 23.5 Å². The molecule has 162 valence electrons. The zero-order chi connectivity index (χ0) is 21.2. The molecule has 0 aliphatic heterocycles. The molecule has 0 spiro atoms. The van der Waals surface area contributed by atoms with Gasteiger partial charge in [0.1, 0.15) is 11.9 Å². The smallest absolute Gasteiger partial charge is 0.242 e. The molecule has 1 aliphatic carbocycles. The first-order valence-corrected chi connectivity index (χ1v) is 11.6. The van der Waals surface area contributed by atoms with E-state index < -0.39 is 6.04 Å². The molecule has 2 aromatic rings. The molecular formula is C23H30FN3O2S. The Morgan fingerprint density at radius 2 is 1.83 bits per heavy atom. The zero-order valence-corrected chi connectivity index (χ0v) is 18.0. The minimum atomic E-state index is -0.508. The highest BCUT2D eigenvalue weighted by Crippen LogP contribution is 2.27. The molecule has 2 amide bonds. The van der Waals surface area contributed by atoms with Crippen molar-refractivity contribution in [3.05, 3.63) is 52.5 Å². The minimum absolute atomic E-state index is 0.113. The fraction of sp³-hybridized carbons (Fsp3) is 0.478. The van der Waals surface area contributed by atoms with Gasteiger partial charge in [0.15, 0.2) is 0 Å². The molecule has 1 aliphatic rings. The number of hydrogen-bond donors (Lipinski definition) is 3. The van der Waals surface area contributed by atoms with E-state index in [0.29, 0.717) is 31.8 Å². The monoisotopic (exact) mass is 431 g/mol. The molecule has 1 atom stereocenters.